The number of hydrogen-bond acceptors (Lipinski definition) is 3. The van der Waals surface area contributed by atoms with Gasteiger partial charge in [0.25, 0.3) is 0 Å². The van der Waals surface area contributed by atoms with Crippen LogP contribution in [0.5, 0.6) is 5.75 Å². The lowest BCUT2D eigenvalue weighted by atomic mass is 10.1. The Morgan fingerprint density at radius 3 is 2.30 bits per heavy atom. The number of phenolic OH excluding ortho intramolecular Hbond substituents is 1. The van der Waals surface area contributed by atoms with Gasteiger partial charge in [-0.3, -0.25) is 0 Å². The minimum absolute atomic E-state index is 0.173. The number of aromatic hydroxyl groups is 1. The molecule has 0 radical (unpaired) electrons. The van der Waals surface area contributed by atoms with Crippen LogP contribution >= 0.6 is 11.6 Å². The normalized spacial score (nSPS) is 10.4. The van der Waals surface area contributed by atoms with E-state index in [1.54, 1.807) is 24.3 Å². The van der Waals surface area contributed by atoms with Gasteiger partial charge in [0.1, 0.15) is 10.9 Å². The number of rotatable bonds is 2. The van der Waals surface area contributed by atoms with E-state index in [-0.39, 0.29) is 5.75 Å². The molecule has 3 nitrogen and oxygen atoms in total. The molecule has 0 atom stereocenters. The molecule has 0 bridgehead atoms. The van der Waals surface area contributed by atoms with E-state index >= 15 is 0 Å². The Bertz CT molecular complexity index is 744. The second-order valence-electron chi connectivity index (χ2n) is 4.32. The van der Waals surface area contributed by atoms with Crippen molar-refractivity contribution >= 4 is 11.6 Å². The monoisotopic (exact) mass is 282 g/mol. The summed E-state index contributed by atoms with van der Waals surface area (Å²) in [5, 5.41) is 9.91. The molecule has 1 aromatic heterocycles. The number of aromatic nitrogens is 2. The molecule has 0 amide bonds. The molecule has 3 aromatic rings. The van der Waals surface area contributed by atoms with Crippen molar-refractivity contribution in [3.8, 4) is 28.4 Å². The molecule has 0 aliphatic heterocycles. The Balaban J connectivity index is 2.12. The lowest BCUT2D eigenvalue weighted by Crippen LogP contribution is -1.92. The van der Waals surface area contributed by atoms with E-state index in [0.29, 0.717) is 11.0 Å². The molecule has 0 aliphatic rings. The van der Waals surface area contributed by atoms with Crippen molar-refractivity contribution in [1.82, 2.24) is 9.97 Å². The van der Waals surface area contributed by atoms with Crippen LogP contribution in [-0.4, -0.2) is 15.1 Å². The summed E-state index contributed by atoms with van der Waals surface area (Å²) >= 11 is 6.08. The Labute approximate surface area is 121 Å². The third-order valence-electron chi connectivity index (χ3n) is 2.87. The number of phenols is 1. The van der Waals surface area contributed by atoms with Gasteiger partial charge in [-0.05, 0) is 12.1 Å². The summed E-state index contributed by atoms with van der Waals surface area (Å²) in [6, 6.07) is 18.3. The van der Waals surface area contributed by atoms with Gasteiger partial charge in [0, 0.05) is 17.2 Å². The second-order valence-corrected chi connectivity index (χ2v) is 4.70. The average molecular weight is 283 g/mol. The SMILES string of the molecule is Oc1cccc(-c2nc(Cl)cc(-c3ccccc3)n2)c1. The fourth-order valence-corrected chi connectivity index (χ4v) is 2.13. The maximum absolute atomic E-state index is 9.54. The molecule has 0 fully saturated rings. The molecular formula is C16H11ClN2O. The summed E-state index contributed by atoms with van der Waals surface area (Å²) < 4.78 is 0. The van der Waals surface area contributed by atoms with Crippen molar-refractivity contribution in [3.05, 3.63) is 65.8 Å². The first kappa shape index (κ1) is 12.6. The van der Waals surface area contributed by atoms with Crippen molar-refractivity contribution < 1.29 is 5.11 Å². The quantitative estimate of drug-likeness (QED) is 0.718. The molecule has 0 saturated heterocycles. The summed E-state index contributed by atoms with van der Waals surface area (Å²) in [5.74, 6) is 0.666. The van der Waals surface area contributed by atoms with Crippen LogP contribution in [0, 0.1) is 0 Å². The van der Waals surface area contributed by atoms with Gasteiger partial charge in [-0.2, -0.15) is 0 Å². The predicted octanol–water partition coefficient (Wildman–Crippen LogP) is 4.17. The highest BCUT2D eigenvalue weighted by atomic mass is 35.5. The molecule has 20 heavy (non-hydrogen) atoms. The maximum Gasteiger partial charge on any atom is 0.161 e. The number of hydrogen-bond donors (Lipinski definition) is 1. The van der Waals surface area contributed by atoms with E-state index in [0.717, 1.165) is 16.8 Å². The Hall–Kier alpha value is -2.39. The zero-order valence-electron chi connectivity index (χ0n) is 10.5. The average Bonchev–Trinajstić information content (AvgIpc) is 2.47. The third-order valence-corrected chi connectivity index (χ3v) is 3.06. The van der Waals surface area contributed by atoms with Crippen LogP contribution in [0.2, 0.25) is 5.15 Å². The van der Waals surface area contributed by atoms with Gasteiger partial charge in [0.2, 0.25) is 0 Å². The summed E-state index contributed by atoms with van der Waals surface area (Å²) in [6.45, 7) is 0. The Morgan fingerprint density at radius 1 is 0.800 bits per heavy atom. The van der Waals surface area contributed by atoms with E-state index in [2.05, 4.69) is 9.97 Å². The highest BCUT2D eigenvalue weighted by molar-refractivity contribution is 6.29. The van der Waals surface area contributed by atoms with Gasteiger partial charge in [-0.15, -0.1) is 0 Å². The zero-order valence-corrected chi connectivity index (χ0v) is 11.2. The first-order chi connectivity index (χ1) is 9.72. The summed E-state index contributed by atoms with van der Waals surface area (Å²) in [6.07, 6.45) is 0. The topological polar surface area (TPSA) is 46.0 Å². The van der Waals surface area contributed by atoms with Crippen LogP contribution in [0.15, 0.2) is 60.7 Å². The first-order valence-corrected chi connectivity index (χ1v) is 6.49. The summed E-state index contributed by atoms with van der Waals surface area (Å²) in [5.41, 5.74) is 2.45. The lowest BCUT2D eigenvalue weighted by Gasteiger charge is -2.06. The van der Waals surface area contributed by atoms with Gasteiger partial charge >= 0.3 is 0 Å². The maximum atomic E-state index is 9.54. The molecule has 0 saturated carbocycles. The predicted molar refractivity (Wildman–Crippen MR) is 79.6 cm³/mol. The van der Waals surface area contributed by atoms with Crippen LogP contribution in [-0.2, 0) is 0 Å². The molecule has 98 valence electrons. The molecule has 1 heterocycles. The van der Waals surface area contributed by atoms with E-state index in [1.165, 1.54) is 0 Å². The minimum Gasteiger partial charge on any atom is -0.508 e. The van der Waals surface area contributed by atoms with Crippen molar-refractivity contribution in [3.63, 3.8) is 0 Å². The molecular weight excluding hydrogens is 272 g/mol. The lowest BCUT2D eigenvalue weighted by molar-refractivity contribution is 0.475. The minimum atomic E-state index is 0.173. The number of nitrogens with zero attached hydrogens (tertiary/aromatic N) is 2. The van der Waals surface area contributed by atoms with Gasteiger partial charge < -0.3 is 5.11 Å². The van der Waals surface area contributed by atoms with Crippen molar-refractivity contribution in [2.24, 2.45) is 0 Å². The van der Waals surface area contributed by atoms with Crippen LogP contribution in [0.3, 0.4) is 0 Å². The van der Waals surface area contributed by atoms with Crippen LogP contribution in [0.1, 0.15) is 0 Å². The molecule has 0 aliphatic carbocycles. The largest absolute Gasteiger partial charge is 0.508 e. The van der Waals surface area contributed by atoms with E-state index in [9.17, 15) is 5.11 Å². The smallest absolute Gasteiger partial charge is 0.161 e. The standard InChI is InChI=1S/C16H11ClN2O/c17-15-10-14(11-5-2-1-3-6-11)18-16(19-15)12-7-4-8-13(20)9-12/h1-10,20H. The van der Waals surface area contributed by atoms with Gasteiger partial charge in [0.05, 0.1) is 5.69 Å². The zero-order chi connectivity index (χ0) is 13.9. The van der Waals surface area contributed by atoms with Crippen molar-refractivity contribution in [2.75, 3.05) is 0 Å². The number of halogens is 1. The fourth-order valence-electron chi connectivity index (χ4n) is 1.95. The molecule has 4 heteroatoms. The van der Waals surface area contributed by atoms with E-state index in [1.807, 2.05) is 36.4 Å². The highest BCUT2D eigenvalue weighted by Crippen LogP contribution is 2.25. The molecule has 1 N–H and O–H groups in total. The van der Waals surface area contributed by atoms with Gasteiger partial charge in [-0.25, -0.2) is 9.97 Å². The third kappa shape index (κ3) is 2.63. The van der Waals surface area contributed by atoms with Crippen molar-refractivity contribution in [1.29, 1.82) is 0 Å². The first-order valence-electron chi connectivity index (χ1n) is 6.12. The van der Waals surface area contributed by atoms with Gasteiger partial charge in [0.15, 0.2) is 5.82 Å². The Kier molecular flexibility index (Phi) is 3.35. The summed E-state index contributed by atoms with van der Waals surface area (Å²) in [4.78, 5) is 8.72. The van der Waals surface area contributed by atoms with Crippen molar-refractivity contribution in [2.45, 2.75) is 0 Å². The second kappa shape index (κ2) is 5.31. The Morgan fingerprint density at radius 2 is 1.55 bits per heavy atom. The highest BCUT2D eigenvalue weighted by Gasteiger charge is 2.08. The fraction of sp³-hybridized carbons (Fsp3) is 0. The molecule has 0 spiro atoms. The van der Waals surface area contributed by atoms with E-state index < -0.39 is 0 Å². The van der Waals surface area contributed by atoms with Gasteiger partial charge in [-0.1, -0.05) is 54.1 Å². The number of benzene rings is 2. The summed E-state index contributed by atoms with van der Waals surface area (Å²) in [7, 11) is 0. The molecule has 3 rings (SSSR count). The van der Waals surface area contributed by atoms with Crippen LogP contribution < -0.4 is 0 Å². The van der Waals surface area contributed by atoms with Crippen LogP contribution in [0.4, 0.5) is 0 Å². The van der Waals surface area contributed by atoms with E-state index in [4.69, 9.17) is 11.6 Å². The molecule has 2 aromatic carbocycles. The molecule has 0 unspecified atom stereocenters. The van der Waals surface area contributed by atoms with Crippen LogP contribution in [0.25, 0.3) is 22.6 Å².